The summed E-state index contributed by atoms with van der Waals surface area (Å²) in [6.45, 7) is 0.550. The molecule has 0 atom stereocenters. The van der Waals surface area contributed by atoms with Gasteiger partial charge in [-0.2, -0.15) is 0 Å². The molecule has 0 radical (unpaired) electrons. The van der Waals surface area contributed by atoms with Crippen LogP contribution in [0.1, 0.15) is 27.4 Å². The van der Waals surface area contributed by atoms with E-state index < -0.39 is 11.9 Å². The molecule has 2 aliphatic heterocycles. The van der Waals surface area contributed by atoms with Crippen LogP contribution in [0.4, 0.5) is 0 Å². The zero-order chi connectivity index (χ0) is 20.5. The standard InChI is InChI=1S/C24H18O6/c25-18(15-9-10-21-22(13-15)28-12-11-27-21)14-29-24(26)23-16-5-1-3-7-19(16)30-20-8-4-2-6-17(20)23/h1-10,13,23H,11-12,14H2. The second kappa shape index (κ2) is 7.55. The number of esters is 1. The average molecular weight is 402 g/mol. The van der Waals surface area contributed by atoms with Crippen LogP contribution in [-0.2, 0) is 9.53 Å². The third-order valence-electron chi connectivity index (χ3n) is 5.13. The zero-order valence-corrected chi connectivity index (χ0v) is 16.0. The molecule has 0 bridgehead atoms. The number of rotatable bonds is 4. The molecule has 0 aliphatic carbocycles. The lowest BCUT2D eigenvalue weighted by atomic mass is 9.88. The first-order valence-corrected chi connectivity index (χ1v) is 9.66. The summed E-state index contributed by atoms with van der Waals surface area (Å²) >= 11 is 0. The van der Waals surface area contributed by atoms with Gasteiger partial charge in [-0.05, 0) is 30.3 Å². The zero-order valence-electron chi connectivity index (χ0n) is 16.0. The highest BCUT2D eigenvalue weighted by Gasteiger charge is 2.34. The highest BCUT2D eigenvalue weighted by Crippen LogP contribution is 2.44. The first-order chi connectivity index (χ1) is 14.7. The third kappa shape index (κ3) is 3.26. The molecule has 30 heavy (non-hydrogen) atoms. The predicted octanol–water partition coefficient (Wildman–Crippen LogP) is 4.12. The van der Waals surface area contributed by atoms with Gasteiger partial charge in [0.2, 0.25) is 0 Å². The fourth-order valence-corrected chi connectivity index (χ4v) is 3.68. The van der Waals surface area contributed by atoms with Crippen molar-refractivity contribution in [1.29, 1.82) is 0 Å². The Bertz CT molecular complexity index is 1090. The smallest absolute Gasteiger partial charge is 0.318 e. The van der Waals surface area contributed by atoms with Gasteiger partial charge in [-0.3, -0.25) is 9.59 Å². The number of ketones is 1. The fourth-order valence-electron chi connectivity index (χ4n) is 3.68. The lowest BCUT2D eigenvalue weighted by molar-refractivity contribution is -0.143. The number of hydrogen-bond donors (Lipinski definition) is 0. The monoisotopic (exact) mass is 402 g/mol. The van der Waals surface area contributed by atoms with Gasteiger partial charge in [0.05, 0.1) is 0 Å². The maximum atomic E-state index is 13.0. The highest BCUT2D eigenvalue weighted by atomic mass is 16.6. The summed E-state index contributed by atoms with van der Waals surface area (Å²) < 4.78 is 22.3. The fraction of sp³-hybridized carbons (Fsp3) is 0.167. The minimum absolute atomic E-state index is 0.311. The predicted molar refractivity (Wildman–Crippen MR) is 108 cm³/mol. The van der Waals surface area contributed by atoms with E-state index in [-0.39, 0.29) is 12.4 Å². The second-order valence-corrected chi connectivity index (χ2v) is 7.00. The summed E-state index contributed by atoms with van der Waals surface area (Å²) in [4.78, 5) is 25.6. The van der Waals surface area contributed by atoms with Crippen molar-refractivity contribution >= 4 is 11.8 Å². The first-order valence-electron chi connectivity index (χ1n) is 9.66. The van der Waals surface area contributed by atoms with Crippen molar-refractivity contribution in [2.24, 2.45) is 0 Å². The van der Waals surface area contributed by atoms with Crippen LogP contribution in [0.2, 0.25) is 0 Å². The van der Waals surface area contributed by atoms with E-state index in [4.69, 9.17) is 18.9 Å². The normalized spacial score (nSPS) is 14.1. The van der Waals surface area contributed by atoms with E-state index in [1.165, 1.54) is 0 Å². The number of Topliss-reactive ketones (excluding diaryl/α,β-unsaturated/α-hetero) is 1. The Kier molecular flexibility index (Phi) is 4.59. The van der Waals surface area contributed by atoms with E-state index in [1.54, 1.807) is 18.2 Å². The van der Waals surface area contributed by atoms with Gasteiger partial charge in [0.15, 0.2) is 23.9 Å². The molecule has 0 unspecified atom stereocenters. The minimum atomic E-state index is -0.654. The summed E-state index contributed by atoms with van der Waals surface area (Å²) in [5, 5.41) is 0. The summed E-state index contributed by atoms with van der Waals surface area (Å²) in [6.07, 6.45) is 0. The molecule has 3 aromatic carbocycles. The Balaban J connectivity index is 1.35. The van der Waals surface area contributed by atoms with Crippen molar-refractivity contribution in [2.75, 3.05) is 19.8 Å². The van der Waals surface area contributed by atoms with Crippen LogP contribution in [0.25, 0.3) is 0 Å². The van der Waals surface area contributed by atoms with Crippen molar-refractivity contribution in [1.82, 2.24) is 0 Å². The van der Waals surface area contributed by atoms with Gasteiger partial charge in [0.25, 0.3) is 0 Å². The average Bonchev–Trinajstić information content (AvgIpc) is 2.80. The van der Waals surface area contributed by atoms with Crippen LogP contribution in [0.15, 0.2) is 66.7 Å². The Hall–Kier alpha value is -3.80. The molecule has 5 rings (SSSR count). The molecule has 3 aromatic rings. The Morgan fingerprint density at radius 2 is 1.43 bits per heavy atom. The highest BCUT2D eigenvalue weighted by molar-refractivity contribution is 5.99. The number of fused-ring (bicyclic) bond motifs is 3. The van der Waals surface area contributed by atoms with E-state index in [2.05, 4.69) is 0 Å². The van der Waals surface area contributed by atoms with Crippen molar-refractivity contribution in [3.63, 3.8) is 0 Å². The number of ether oxygens (including phenoxy) is 4. The Morgan fingerprint density at radius 1 is 0.800 bits per heavy atom. The van der Waals surface area contributed by atoms with Gasteiger partial charge in [-0.25, -0.2) is 0 Å². The van der Waals surface area contributed by atoms with Gasteiger partial charge in [0, 0.05) is 16.7 Å². The van der Waals surface area contributed by atoms with Crippen LogP contribution in [-0.4, -0.2) is 31.6 Å². The molecular formula is C24H18O6. The Morgan fingerprint density at radius 3 is 2.13 bits per heavy atom. The summed E-state index contributed by atoms with van der Waals surface area (Å²) in [5.74, 6) is 0.876. The van der Waals surface area contributed by atoms with Crippen molar-refractivity contribution in [3.8, 4) is 23.0 Å². The lowest BCUT2D eigenvalue weighted by Crippen LogP contribution is -2.23. The minimum Gasteiger partial charge on any atom is -0.486 e. The van der Waals surface area contributed by atoms with Gasteiger partial charge in [-0.15, -0.1) is 0 Å². The van der Waals surface area contributed by atoms with Gasteiger partial charge < -0.3 is 18.9 Å². The maximum Gasteiger partial charge on any atom is 0.318 e. The van der Waals surface area contributed by atoms with E-state index in [0.717, 1.165) is 0 Å². The number of benzene rings is 3. The van der Waals surface area contributed by atoms with E-state index in [9.17, 15) is 9.59 Å². The van der Waals surface area contributed by atoms with Crippen LogP contribution in [0.5, 0.6) is 23.0 Å². The molecule has 0 amide bonds. The van der Waals surface area contributed by atoms with Crippen LogP contribution < -0.4 is 14.2 Å². The molecule has 0 saturated heterocycles. The van der Waals surface area contributed by atoms with Crippen molar-refractivity contribution in [3.05, 3.63) is 83.4 Å². The molecule has 2 aliphatic rings. The van der Waals surface area contributed by atoms with Gasteiger partial charge in [0.1, 0.15) is 30.6 Å². The third-order valence-corrected chi connectivity index (χ3v) is 5.13. The van der Waals surface area contributed by atoms with Crippen molar-refractivity contribution < 1.29 is 28.5 Å². The Labute approximate surface area is 173 Å². The van der Waals surface area contributed by atoms with E-state index >= 15 is 0 Å². The molecule has 0 fully saturated rings. The molecular weight excluding hydrogens is 384 g/mol. The number of hydrogen-bond acceptors (Lipinski definition) is 6. The molecule has 150 valence electrons. The van der Waals surface area contributed by atoms with Crippen LogP contribution in [0, 0.1) is 0 Å². The molecule has 0 aromatic heterocycles. The van der Waals surface area contributed by atoms with Crippen LogP contribution >= 0.6 is 0 Å². The van der Waals surface area contributed by atoms with Crippen LogP contribution in [0.3, 0.4) is 0 Å². The molecule has 6 nitrogen and oxygen atoms in total. The maximum absolute atomic E-state index is 13.0. The topological polar surface area (TPSA) is 71.1 Å². The molecule has 2 heterocycles. The van der Waals surface area contributed by atoms with Gasteiger partial charge >= 0.3 is 5.97 Å². The summed E-state index contributed by atoms with van der Waals surface area (Å²) in [5.41, 5.74) is 1.83. The summed E-state index contributed by atoms with van der Waals surface area (Å²) in [7, 11) is 0. The largest absolute Gasteiger partial charge is 0.486 e. The lowest BCUT2D eigenvalue weighted by Gasteiger charge is -2.26. The summed E-state index contributed by atoms with van der Waals surface area (Å²) in [6, 6.07) is 19.6. The number of carbonyl (C=O) groups excluding carboxylic acids is 2. The van der Waals surface area contributed by atoms with E-state index in [1.807, 2.05) is 48.5 Å². The first kappa shape index (κ1) is 18.2. The molecule has 0 saturated carbocycles. The number of carbonyl (C=O) groups is 2. The number of para-hydroxylation sites is 2. The second-order valence-electron chi connectivity index (χ2n) is 7.00. The molecule has 0 N–H and O–H groups in total. The SMILES string of the molecule is O=C(COC(=O)C1c2ccccc2Oc2ccccc21)c1ccc2c(c1)OCCO2. The molecule has 6 heteroatoms. The van der Waals surface area contributed by atoms with E-state index in [0.29, 0.717) is 52.9 Å². The quantitative estimate of drug-likeness (QED) is 0.483. The van der Waals surface area contributed by atoms with Gasteiger partial charge in [-0.1, -0.05) is 36.4 Å². The van der Waals surface area contributed by atoms with Crippen molar-refractivity contribution in [2.45, 2.75) is 5.92 Å². The molecule has 0 spiro atoms.